The number of nitrogens with one attached hydrogen (secondary N) is 1. The molecule has 6 heteroatoms. The third-order valence-corrected chi connectivity index (χ3v) is 5.97. The van der Waals surface area contributed by atoms with Crippen LogP contribution >= 0.6 is 22.6 Å². The first-order chi connectivity index (χ1) is 8.37. The number of sulfone groups is 1. The second-order valence-corrected chi connectivity index (χ2v) is 7.94. The van der Waals surface area contributed by atoms with Crippen LogP contribution in [0.2, 0.25) is 0 Å². The molecule has 1 fully saturated rings. The summed E-state index contributed by atoms with van der Waals surface area (Å²) in [6.45, 7) is 2.00. The number of benzene rings is 1. The topological polar surface area (TPSA) is 63.2 Å². The van der Waals surface area contributed by atoms with Crippen molar-refractivity contribution in [3.63, 3.8) is 0 Å². The lowest BCUT2D eigenvalue weighted by Crippen LogP contribution is -2.23. The second kappa shape index (κ2) is 5.16. The zero-order chi connectivity index (χ0) is 13.3. The highest BCUT2D eigenvalue weighted by Gasteiger charge is 2.32. The summed E-state index contributed by atoms with van der Waals surface area (Å²) < 4.78 is 23.7. The van der Waals surface area contributed by atoms with Crippen LogP contribution in [0.1, 0.15) is 12.0 Å². The van der Waals surface area contributed by atoms with Crippen molar-refractivity contribution in [3.8, 4) is 0 Å². The summed E-state index contributed by atoms with van der Waals surface area (Å²) in [5.41, 5.74) is 1.87. The van der Waals surface area contributed by atoms with E-state index < -0.39 is 15.8 Å². The average Bonchev–Trinajstić information content (AvgIpc) is 2.64. The minimum Gasteiger partial charge on any atom is -0.326 e. The van der Waals surface area contributed by atoms with Gasteiger partial charge in [-0.05, 0) is 53.6 Å². The van der Waals surface area contributed by atoms with Crippen LogP contribution in [0.4, 0.5) is 5.69 Å². The Kier molecular flexibility index (Phi) is 3.96. The van der Waals surface area contributed by atoms with Gasteiger partial charge in [0, 0.05) is 9.26 Å². The van der Waals surface area contributed by atoms with Gasteiger partial charge in [-0.25, -0.2) is 8.42 Å². The normalized spacial score (nSPS) is 21.8. The SMILES string of the molecule is Cc1ccc(NC(=O)[C@@H]2CCS(=O)(=O)C2)cc1I. The summed E-state index contributed by atoms with van der Waals surface area (Å²) in [5, 5.41) is 2.78. The largest absolute Gasteiger partial charge is 0.326 e. The third kappa shape index (κ3) is 3.23. The summed E-state index contributed by atoms with van der Waals surface area (Å²) >= 11 is 2.20. The van der Waals surface area contributed by atoms with Gasteiger partial charge in [0.05, 0.1) is 17.4 Å². The van der Waals surface area contributed by atoms with Crippen LogP contribution in [0.5, 0.6) is 0 Å². The van der Waals surface area contributed by atoms with Gasteiger partial charge in [-0.15, -0.1) is 0 Å². The molecule has 1 aliphatic rings. The fourth-order valence-corrected chi connectivity index (χ4v) is 4.17. The van der Waals surface area contributed by atoms with Gasteiger partial charge in [0.1, 0.15) is 0 Å². The predicted molar refractivity (Wildman–Crippen MR) is 79.3 cm³/mol. The Hall–Kier alpha value is -0.630. The van der Waals surface area contributed by atoms with Gasteiger partial charge in [0.2, 0.25) is 5.91 Å². The average molecular weight is 379 g/mol. The molecule has 2 rings (SSSR count). The summed E-state index contributed by atoms with van der Waals surface area (Å²) in [5.74, 6) is -0.511. The van der Waals surface area contributed by atoms with E-state index in [2.05, 4.69) is 27.9 Å². The summed E-state index contributed by atoms with van der Waals surface area (Å²) in [6, 6.07) is 5.65. The highest BCUT2D eigenvalue weighted by Crippen LogP contribution is 2.22. The molecule has 1 aromatic rings. The van der Waals surface area contributed by atoms with Crippen molar-refractivity contribution in [3.05, 3.63) is 27.3 Å². The first-order valence-corrected chi connectivity index (χ1v) is 8.55. The minimum absolute atomic E-state index is 0.0260. The molecule has 0 aliphatic carbocycles. The number of aryl methyl sites for hydroxylation is 1. The highest BCUT2D eigenvalue weighted by molar-refractivity contribution is 14.1. The molecule has 0 saturated carbocycles. The van der Waals surface area contributed by atoms with E-state index in [1.807, 2.05) is 25.1 Å². The summed E-state index contributed by atoms with van der Waals surface area (Å²) in [6.07, 6.45) is 0.428. The van der Waals surface area contributed by atoms with Crippen LogP contribution in [0, 0.1) is 16.4 Å². The molecule has 0 radical (unpaired) electrons. The van der Waals surface area contributed by atoms with Gasteiger partial charge in [-0.2, -0.15) is 0 Å². The fourth-order valence-electron chi connectivity index (χ4n) is 1.92. The van der Waals surface area contributed by atoms with Crippen LogP contribution in [0.25, 0.3) is 0 Å². The number of hydrogen-bond donors (Lipinski definition) is 1. The lowest BCUT2D eigenvalue weighted by atomic mass is 10.1. The molecule has 1 aromatic carbocycles. The van der Waals surface area contributed by atoms with Gasteiger partial charge >= 0.3 is 0 Å². The molecule has 1 atom stereocenters. The second-order valence-electron chi connectivity index (χ2n) is 4.55. The number of carbonyl (C=O) groups is 1. The van der Waals surface area contributed by atoms with Gasteiger partial charge in [0.25, 0.3) is 0 Å². The van der Waals surface area contributed by atoms with Crippen molar-refractivity contribution in [1.82, 2.24) is 0 Å². The van der Waals surface area contributed by atoms with Crippen LogP contribution in [-0.4, -0.2) is 25.8 Å². The maximum Gasteiger partial charge on any atom is 0.228 e. The van der Waals surface area contributed by atoms with Crippen molar-refractivity contribution in [2.24, 2.45) is 5.92 Å². The molecular formula is C12H14INO3S. The van der Waals surface area contributed by atoms with Gasteiger partial charge in [-0.1, -0.05) is 6.07 Å². The van der Waals surface area contributed by atoms with E-state index in [0.717, 1.165) is 14.8 Å². The molecule has 1 saturated heterocycles. The number of anilines is 1. The zero-order valence-electron chi connectivity index (χ0n) is 9.94. The van der Waals surface area contributed by atoms with Gasteiger partial charge in [-0.3, -0.25) is 4.79 Å². The van der Waals surface area contributed by atoms with E-state index in [9.17, 15) is 13.2 Å². The van der Waals surface area contributed by atoms with E-state index in [1.54, 1.807) is 0 Å². The molecule has 1 aliphatic heterocycles. The molecule has 1 N–H and O–H groups in total. The maximum atomic E-state index is 11.9. The van der Waals surface area contributed by atoms with Crippen molar-refractivity contribution in [1.29, 1.82) is 0 Å². The lowest BCUT2D eigenvalue weighted by Gasteiger charge is -2.10. The molecular weight excluding hydrogens is 365 g/mol. The molecule has 98 valence electrons. The Labute approximate surface area is 120 Å². The number of rotatable bonds is 2. The Balaban J connectivity index is 2.06. The van der Waals surface area contributed by atoms with Crippen molar-refractivity contribution >= 4 is 44.0 Å². The Morgan fingerprint density at radius 3 is 2.72 bits per heavy atom. The molecule has 1 heterocycles. The lowest BCUT2D eigenvalue weighted by molar-refractivity contribution is -0.119. The van der Waals surface area contributed by atoms with E-state index in [4.69, 9.17) is 0 Å². The minimum atomic E-state index is -3.01. The van der Waals surface area contributed by atoms with Crippen molar-refractivity contribution < 1.29 is 13.2 Å². The molecule has 0 aromatic heterocycles. The molecule has 0 spiro atoms. The molecule has 1 amide bonds. The summed E-state index contributed by atoms with van der Waals surface area (Å²) in [4.78, 5) is 11.9. The van der Waals surface area contributed by atoms with Gasteiger partial charge < -0.3 is 5.32 Å². The van der Waals surface area contributed by atoms with E-state index in [0.29, 0.717) is 6.42 Å². The quantitative estimate of drug-likeness (QED) is 0.800. The molecule has 4 nitrogen and oxygen atoms in total. The number of carbonyl (C=O) groups excluding carboxylic acids is 1. The predicted octanol–water partition coefficient (Wildman–Crippen LogP) is 1.97. The fraction of sp³-hybridized carbons (Fsp3) is 0.417. The van der Waals surface area contributed by atoms with E-state index in [-0.39, 0.29) is 17.4 Å². The number of amides is 1. The molecule has 18 heavy (non-hydrogen) atoms. The van der Waals surface area contributed by atoms with Crippen molar-refractivity contribution in [2.75, 3.05) is 16.8 Å². The van der Waals surface area contributed by atoms with E-state index in [1.165, 1.54) is 0 Å². The smallest absolute Gasteiger partial charge is 0.228 e. The first kappa shape index (κ1) is 13.8. The first-order valence-electron chi connectivity index (χ1n) is 5.65. The Morgan fingerprint density at radius 1 is 1.44 bits per heavy atom. The van der Waals surface area contributed by atoms with Crippen LogP contribution < -0.4 is 5.32 Å². The summed E-state index contributed by atoms with van der Waals surface area (Å²) in [7, 11) is -3.01. The van der Waals surface area contributed by atoms with Gasteiger partial charge in [0.15, 0.2) is 9.84 Å². The highest BCUT2D eigenvalue weighted by atomic mass is 127. The Bertz CT molecular complexity index is 583. The van der Waals surface area contributed by atoms with Crippen molar-refractivity contribution in [2.45, 2.75) is 13.3 Å². The molecule has 0 bridgehead atoms. The number of halogens is 1. The van der Waals surface area contributed by atoms with Crippen LogP contribution in [-0.2, 0) is 14.6 Å². The van der Waals surface area contributed by atoms with E-state index >= 15 is 0 Å². The maximum absolute atomic E-state index is 11.9. The monoisotopic (exact) mass is 379 g/mol. The van der Waals surface area contributed by atoms with Crippen LogP contribution in [0.3, 0.4) is 0 Å². The van der Waals surface area contributed by atoms with Crippen LogP contribution in [0.15, 0.2) is 18.2 Å². The Morgan fingerprint density at radius 2 is 2.17 bits per heavy atom. The molecule has 0 unspecified atom stereocenters. The third-order valence-electron chi connectivity index (χ3n) is 3.04. The zero-order valence-corrected chi connectivity index (χ0v) is 12.9. The standard InChI is InChI=1S/C12H14INO3S/c1-8-2-3-10(6-11(8)13)14-12(15)9-4-5-18(16,17)7-9/h2-3,6,9H,4-5,7H2,1H3,(H,14,15)/t9-/m1/s1. The number of hydrogen-bond acceptors (Lipinski definition) is 3.